The number of hydrogen-bond donors (Lipinski definition) is 1. The number of halogens is 1. The van der Waals surface area contributed by atoms with Crippen molar-refractivity contribution in [2.75, 3.05) is 6.54 Å². The van der Waals surface area contributed by atoms with Crippen LogP contribution >= 0.6 is 0 Å². The minimum absolute atomic E-state index is 0.0168. The van der Waals surface area contributed by atoms with Crippen molar-refractivity contribution in [1.82, 2.24) is 5.32 Å². The quantitative estimate of drug-likeness (QED) is 0.845. The molecule has 1 aliphatic carbocycles. The largest absolute Gasteiger partial charge is 0.355 e. The monoisotopic (exact) mass is 389 g/mol. The van der Waals surface area contributed by atoms with E-state index < -0.39 is 15.7 Å². The molecule has 0 aliphatic heterocycles. The van der Waals surface area contributed by atoms with Crippen molar-refractivity contribution in [1.29, 1.82) is 0 Å². The number of benzene rings is 2. The number of carbonyl (C=O) groups excluding carboxylic acids is 1. The van der Waals surface area contributed by atoms with Gasteiger partial charge in [-0.3, -0.25) is 4.79 Å². The molecule has 0 aromatic heterocycles. The molecule has 1 aliphatic rings. The van der Waals surface area contributed by atoms with Gasteiger partial charge in [-0.15, -0.1) is 0 Å². The van der Waals surface area contributed by atoms with Gasteiger partial charge in [-0.25, -0.2) is 12.8 Å². The van der Waals surface area contributed by atoms with E-state index in [9.17, 15) is 17.6 Å². The normalized spacial score (nSPS) is 16.8. The molecule has 1 amide bonds. The lowest BCUT2D eigenvalue weighted by atomic mass is 9.82. The van der Waals surface area contributed by atoms with E-state index >= 15 is 0 Å². The van der Waals surface area contributed by atoms with Gasteiger partial charge < -0.3 is 5.32 Å². The van der Waals surface area contributed by atoms with Gasteiger partial charge in [0.05, 0.1) is 9.79 Å². The van der Waals surface area contributed by atoms with Gasteiger partial charge in [-0.05, 0) is 54.7 Å². The van der Waals surface area contributed by atoms with Crippen molar-refractivity contribution < 1.29 is 17.6 Å². The molecular weight excluding hydrogens is 365 g/mol. The molecule has 0 saturated carbocycles. The second kappa shape index (κ2) is 7.80. The molecule has 6 heteroatoms. The standard InChI is InChI=1S/C21H24FNO3S/c1-14(2)21(24)23-13-16-8-6-7-15-11-18(12-19(22)20(15)16)27(25,26)17-9-4-3-5-10-17/h3-5,9-12,14,16H,6-8,13H2,1-2H3,(H,23,24). The second-order valence-electron chi connectivity index (χ2n) is 7.28. The van der Waals surface area contributed by atoms with Crippen molar-refractivity contribution in [3.05, 3.63) is 59.4 Å². The minimum atomic E-state index is -3.76. The molecule has 0 heterocycles. The average Bonchev–Trinajstić information content (AvgIpc) is 2.66. The van der Waals surface area contributed by atoms with Crippen molar-refractivity contribution in [3.8, 4) is 0 Å². The summed E-state index contributed by atoms with van der Waals surface area (Å²) < 4.78 is 40.6. The van der Waals surface area contributed by atoms with Crippen LogP contribution in [-0.2, 0) is 21.1 Å². The number of rotatable bonds is 5. The molecule has 0 bridgehead atoms. The number of nitrogens with one attached hydrogen (secondary N) is 1. The van der Waals surface area contributed by atoms with Crippen molar-refractivity contribution in [2.24, 2.45) is 5.92 Å². The predicted octanol–water partition coefficient (Wildman–Crippen LogP) is 3.85. The number of hydrogen-bond acceptors (Lipinski definition) is 3. The van der Waals surface area contributed by atoms with Crippen molar-refractivity contribution in [2.45, 2.75) is 48.8 Å². The summed E-state index contributed by atoms with van der Waals surface area (Å²) in [6.07, 6.45) is 2.25. The molecule has 4 nitrogen and oxygen atoms in total. The third kappa shape index (κ3) is 4.05. The summed E-state index contributed by atoms with van der Waals surface area (Å²) in [7, 11) is -3.76. The van der Waals surface area contributed by atoms with E-state index in [2.05, 4.69) is 5.32 Å². The van der Waals surface area contributed by atoms with Crippen molar-refractivity contribution >= 4 is 15.7 Å². The van der Waals surface area contributed by atoms with Gasteiger partial charge in [-0.2, -0.15) is 0 Å². The number of carbonyl (C=O) groups is 1. The zero-order valence-electron chi connectivity index (χ0n) is 15.5. The highest BCUT2D eigenvalue weighted by molar-refractivity contribution is 7.91. The first-order valence-electron chi connectivity index (χ1n) is 9.21. The van der Waals surface area contributed by atoms with E-state index in [1.54, 1.807) is 24.3 Å². The van der Waals surface area contributed by atoms with E-state index in [0.717, 1.165) is 24.5 Å². The first-order valence-corrected chi connectivity index (χ1v) is 10.7. The average molecular weight is 389 g/mol. The Morgan fingerprint density at radius 3 is 2.56 bits per heavy atom. The van der Waals surface area contributed by atoms with Crippen LogP contribution in [0, 0.1) is 11.7 Å². The van der Waals surface area contributed by atoms with Crippen LogP contribution in [0.4, 0.5) is 4.39 Å². The smallest absolute Gasteiger partial charge is 0.222 e. The lowest BCUT2D eigenvalue weighted by Gasteiger charge is -2.27. The fraction of sp³-hybridized carbons (Fsp3) is 0.381. The fourth-order valence-electron chi connectivity index (χ4n) is 3.52. The molecule has 0 radical (unpaired) electrons. The topological polar surface area (TPSA) is 63.2 Å². The Morgan fingerprint density at radius 1 is 1.19 bits per heavy atom. The van der Waals surface area contributed by atoms with Gasteiger partial charge >= 0.3 is 0 Å². The molecule has 1 atom stereocenters. The highest BCUT2D eigenvalue weighted by Gasteiger charge is 2.28. The lowest BCUT2D eigenvalue weighted by molar-refractivity contribution is -0.124. The first kappa shape index (κ1) is 19.5. The molecule has 1 unspecified atom stereocenters. The molecule has 27 heavy (non-hydrogen) atoms. The Kier molecular flexibility index (Phi) is 5.65. The first-order chi connectivity index (χ1) is 12.8. The Bertz CT molecular complexity index is 939. The molecule has 0 saturated heterocycles. The van der Waals surface area contributed by atoms with Gasteiger partial charge in [0.1, 0.15) is 5.82 Å². The summed E-state index contributed by atoms with van der Waals surface area (Å²) >= 11 is 0. The molecule has 0 fully saturated rings. The molecule has 3 rings (SSSR count). The van der Waals surface area contributed by atoms with Gasteiger partial charge in [0.15, 0.2) is 0 Å². The van der Waals surface area contributed by atoms with Crippen LogP contribution in [0.2, 0.25) is 0 Å². The van der Waals surface area contributed by atoms with E-state index in [4.69, 9.17) is 0 Å². The Labute approximate surface area is 159 Å². The van der Waals surface area contributed by atoms with Crippen LogP contribution in [-0.4, -0.2) is 20.9 Å². The van der Waals surface area contributed by atoms with Crippen LogP contribution < -0.4 is 5.32 Å². The van der Waals surface area contributed by atoms with Crippen LogP contribution in [0.15, 0.2) is 52.3 Å². The zero-order valence-corrected chi connectivity index (χ0v) is 16.4. The third-order valence-corrected chi connectivity index (χ3v) is 6.76. The van der Waals surface area contributed by atoms with E-state index in [-0.39, 0.29) is 27.5 Å². The maximum atomic E-state index is 14.9. The highest BCUT2D eigenvalue weighted by atomic mass is 32.2. The summed E-state index contributed by atoms with van der Waals surface area (Å²) in [5.74, 6) is -0.836. The minimum Gasteiger partial charge on any atom is -0.355 e. The van der Waals surface area contributed by atoms with Gasteiger partial charge in [0, 0.05) is 18.4 Å². The number of amides is 1. The maximum Gasteiger partial charge on any atom is 0.222 e. The van der Waals surface area contributed by atoms with E-state index in [1.807, 2.05) is 13.8 Å². The van der Waals surface area contributed by atoms with Crippen molar-refractivity contribution in [3.63, 3.8) is 0 Å². The van der Waals surface area contributed by atoms with E-state index in [0.29, 0.717) is 18.5 Å². The Hall–Kier alpha value is -2.21. The lowest BCUT2D eigenvalue weighted by Crippen LogP contribution is -2.33. The summed E-state index contributed by atoms with van der Waals surface area (Å²) in [6.45, 7) is 3.99. The summed E-state index contributed by atoms with van der Waals surface area (Å²) in [6, 6.07) is 10.8. The molecule has 2 aromatic rings. The Morgan fingerprint density at radius 2 is 1.89 bits per heavy atom. The van der Waals surface area contributed by atoms with Gasteiger partial charge in [0.25, 0.3) is 0 Å². The Balaban J connectivity index is 1.93. The summed E-state index contributed by atoms with van der Waals surface area (Å²) in [5.41, 5.74) is 1.26. The zero-order chi connectivity index (χ0) is 19.6. The number of sulfone groups is 1. The summed E-state index contributed by atoms with van der Waals surface area (Å²) in [5, 5.41) is 2.87. The highest BCUT2D eigenvalue weighted by Crippen LogP contribution is 2.36. The summed E-state index contributed by atoms with van der Waals surface area (Å²) in [4.78, 5) is 12.0. The molecule has 0 spiro atoms. The molecule has 2 aromatic carbocycles. The van der Waals surface area contributed by atoms with Gasteiger partial charge in [-0.1, -0.05) is 32.0 Å². The molecule has 144 valence electrons. The van der Waals surface area contributed by atoms with Crippen LogP contribution in [0.1, 0.15) is 43.7 Å². The molecule has 1 N–H and O–H groups in total. The maximum absolute atomic E-state index is 14.9. The SMILES string of the molecule is CC(C)C(=O)NCC1CCCc2cc(S(=O)(=O)c3ccccc3)cc(F)c21. The third-order valence-electron chi connectivity index (χ3n) is 5.01. The van der Waals surface area contributed by atoms with Crippen LogP contribution in [0.25, 0.3) is 0 Å². The molecular formula is C21H24FNO3S. The van der Waals surface area contributed by atoms with E-state index in [1.165, 1.54) is 12.1 Å². The van der Waals surface area contributed by atoms with Crippen LogP contribution in [0.5, 0.6) is 0 Å². The van der Waals surface area contributed by atoms with Crippen LogP contribution in [0.3, 0.4) is 0 Å². The number of aryl methyl sites for hydroxylation is 1. The fourth-order valence-corrected chi connectivity index (χ4v) is 4.86. The van der Waals surface area contributed by atoms with Gasteiger partial charge in [0.2, 0.25) is 15.7 Å². The number of fused-ring (bicyclic) bond motifs is 1. The second-order valence-corrected chi connectivity index (χ2v) is 9.23. The predicted molar refractivity (Wildman–Crippen MR) is 102 cm³/mol.